The third-order valence-corrected chi connectivity index (χ3v) is 3.40. The summed E-state index contributed by atoms with van der Waals surface area (Å²) in [5, 5.41) is 5.10. The first-order chi connectivity index (χ1) is 10.9. The summed E-state index contributed by atoms with van der Waals surface area (Å²) in [5.74, 6) is -1.56. The van der Waals surface area contributed by atoms with Crippen molar-refractivity contribution >= 4 is 29.0 Å². The second-order valence-electron chi connectivity index (χ2n) is 5.36. The van der Waals surface area contributed by atoms with Gasteiger partial charge in [0.05, 0.1) is 0 Å². The second kappa shape index (κ2) is 6.87. The Bertz CT molecular complexity index is 764. The number of aryl methyl sites for hydroxylation is 2. The first-order valence-electron chi connectivity index (χ1n) is 7.17. The standard InChI is InChI=1S/C18H18N2O3/c1-11-4-5-12(2)16(10-11)20-18(23)17(22)19-15-8-6-14(7-9-15)13(3)21/h4-10H,1-3H3,(H,19,22)(H,20,23). The molecule has 2 N–H and O–H groups in total. The number of hydrogen-bond donors (Lipinski definition) is 2. The van der Waals surface area contributed by atoms with E-state index < -0.39 is 11.8 Å². The Hall–Kier alpha value is -2.95. The Balaban J connectivity index is 2.03. The maximum absolute atomic E-state index is 12.0. The van der Waals surface area contributed by atoms with Crippen LogP contribution in [0.25, 0.3) is 0 Å². The van der Waals surface area contributed by atoms with Crippen molar-refractivity contribution < 1.29 is 14.4 Å². The molecule has 2 aromatic carbocycles. The number of amides is 2. The van der Waals surface area contributed by atoms with E-state index in [1.807, 2.05) is 32.0 Å². The maximum atomic E-state index is 12.0. The van der Waals surface area contributed by atoms with Crippen molar-refractivity contribution in [2.24, 2.45) is 0 Å². The van der Waals surface area contributed by atoms with E-state index in [0.717, 1.165) is 11.1 Å². The fourth-order valence-corrected chi connectivity index (χ4v) is 2.03. The summed E-state index contributed by atoms with van der Waals surface area (Å²) in [5.41, 5.74) is 3.48. The lowest BCUT2D eigenvalue weighted by Gasteiger charge is -2.10. The number of carbonyl (C=O) groups is 3. The van der Waals surface area contributed by atoms with Crippen molar-refractivity contribution in [2.45, 2.75) is 20.8 Å². The van der Waals surface area contributed by atoms with E-state index >= 15 is 0 Å². The van der Waals surface area contributed by atoms with Crippen LogP contribution in [0, 0.1) is 13.8 Å². The van der Waals surface area contributed by atoms with Crippen LogP contribution in [0.3, 0.4) is 0 Å². The van der Waals surface area contributed by atoms with Gasteiger partial charge in [-0.15, -0.1) is 0 Å². The van der Waals surface area contributed by atoms with Gasteiger partial charge in [0.25, 0.3) is 0 Å². The Morgan fingerprint density at radius 1 is 0.826 bits per heavy atom. The molecule has 0 spiro atoms. The lowest BCUT2D eigenvalue weighted by molar-refractivity contribution is -0.133. The molecular weight excluding hydrogens is 292 g/mol. The van der Waals surface area contributed by atoms with Gasteiger partial charge in [0.2, 0.25) is 0 Å². The minimum atomic E-state index is -0.763. The van der Waals surface area contributed by atoms with Crippen molar-refractivity contribution in [2.75, 3.05) is 10.6 Å². The Labute approximate surface area is 134 Å². The molecule has 0 saturated heterocycles. The molecule has 2 amide bonds. The van der Waals surface area contributed by atoms with Crippen LogP contribution in [0.4, 0.5) is 11.4 Å². The Kier molecular flexibility index (Phi) is 4.91. The molecule has 2 rings (SSSR count). The van der Waals surface area contributed by atoms with Crippen molar-refractivity contribution in [3.8, 4) is 0 Å². The van der Waals surface area contributed by atoms with Crippen LogP contribution in [0.2, 0.25) is 0 Å². The van der Waals surface area contributed by atoms with Gasteiger partial charge >= 0.3 is 11.8 Å². The molecule has 0 radical (unpaired) electrons. The van der Waals surface area contributed by atoms with E-state index in [2.05, 4.69) is 10.6 Å². The van der Waals surface area contributed by atoms with Gasteiger partial charge in [0, 0.05) is 16.9 Å². The molecule has 5 nitrogen and oxygen atoms in total. The fourth-order valence-electron chi connectivity index (χ4n) is 2.03. The monoisotopic (exact) mass is 310 g/mol. The zero-order chi connectivity index (χ0) is 17.0. The van der Waals surface area contributed by atoms with E-state index in [-0.39, 0.29) is 5.78 Å². The normalized spacial score (nSPS) is 10.0. The lowest BCUT2D eigenvalue weighted by Crippen LogP contribution is -2.29. The van der Waals surface area contributed by atoms with E-state index in [9.17, 15) is 14.4 Å². The highest BCUT2D eigenvalue weighted by Gasteiger charge is 2.15. The van der Waals surface area contributed by atoms with Gasteiger partial charge in [0.15, 0.2) is 5.78 Å². The van der Waals surface area contributed by atoms with Gasteiger partial charge in [-0.2, -0.15) is 0 Å². The SMILES string of the molecule is CC(=O)c1ccc(NC(=O)C(=O)Nc2cc(C)ccc2C)cc1. The van der Waals surface area contributed by atoms with Gasteiger partial charge in [-0.25, -0.2) is 0 Å². The Morgan fingerprint density at radius 3 is 2.04 bits per heavy atom. The molecule has 0 saturated carbocycles. The van der Waals surface area contributed by atoms with E-state index in [1.165, 1.54) is 6.92 Å². The third-order valence-electron chi connectivity index (χ3n) is 3.40. The zero-order valence-corrected chi connectivity index (χ0v) is 13.3. The fraction of sp³-hybridized carbons (Fsp3) is 0.167. The number of ketones is 1. The molecule has 0 unspecified atom stereocenters. The summed E-state index contributed by atoms with van der Waals surface area (Å²) in [6, 6.07) is 12.0. The molecule has 0 bridgehead atoms. The minimum Gasteiger partial charge on any atom is -0.318 e. The van der Waals surface area contributed by atoms with E-state index in [1.54, 1.807) is 24.3 Å². The average molecular weight is 310 g/mol. The largest absolute Gasteiger partial charge is 0.318 e. The minimum absolute atomic E-state index is 0.0597. The molecule has 0 aliphatic rings. The maximum Gasteiger partial charge on any atom is 0.314 e. The topological polar surface area (TPSA) is 75.3 Å². The van der Waals surface area contributed by atoms with Crippen LogP contribution in [-0.2, 0) is 9.59 Å². The van der Waals surface area contributed by atoms with Crippen molar-refractivity contribution in [3.63, 3.8) is 0 Å². The predicted octanol–water partition coefficient (Wildman–Crippen LogP) is 3.08. The molecule has 0 aromatic heterocycles. The number of anilines is 2. The summed E-state index contributed by atoms with van der Waals surface area (Å²) in [4.78, 5) is 35.1. The predicted molar refractivity (Wildman–Crippen MR) is 89.6 cm³/mol. The Morgan fingerprint density at radius 2 is 1.43 bits per heavy atom. The molecular formula is C18H18N2O3. The first-order valence-corrected chi connectivity index (χ1v) is 7.17. The molecule has 2 aromatic rings. The molecule has 0 heterocycles. The summed E-state index contributed by atoms with van der Waals surface area (Å²) in [6.45, 7) is 5.23. The van der Waals surface area contributed by atoms with Crippen LogP contribution in [0.5, 0.6) is 0 Å². The molecule has 0 atom stereocenters. The average Bonchev–Trinajstić information content (AvgIpc) is 2.51. The number of carbonyl (C=O) groups excluding carboxylic acids is 3. The van der Waals surface area contributed by atoms with Crippen molar-refractivity contribution in [1.82, 2.24) is 0 Å². The number of rotatable bonds is 3. The van der Waals surface area contributed by atoms with Crippen LogP contribution in [0.1, 0.15) is 28.4 Å². The number of benzene rings is 2. The van der Waals surface area contributed by atoms with Gasteiger partial charge in [0.1, 0.15) is 0 Å². The van der Waals surface area contributed by atoms with Crippen molar-refractivity contribution in [3.05, 3.63) is 59.2 Å². The lowest BCUT2D eigenvalue weighted by atomic mass is 10.1. The van der Waals surface area contributed by atoms with Crippen LogP contribution in [-0.4, -0.2) is 17.6 Å². The van der Waals surface area contributed by atoms with Crippen LogP contribution in [0.15, 0.2) is 42.5 Å². The molecule has 5 heteroatoms. The third kappa shape index (κ3) is 4.26. The highest BCUT2D eigenvalue weighted by atomic mass is 16.2. The molecule has 0 aliphatic carbocycles. The van der Waals surface area contributed by atoms with Gasteiger partial charge in [-0.1, -0.05) is 12.1 Å². The van der Waals surface area contributed by atoms with E-state index in [0.29, 0.717) is 16.9 Å². The first kappa shape index (κ1) is 16.4. The van der Waals surface area contributed by atoms with Gasteiger partial charge in [-0.3, -0.25) is 14.4 Å². The smallest absolute Gasteiger partial charge is 0.314 e. The number of nitrogens with one attached hydrogen (secondary N) is 2. The van der Waals surface area contributed by atoms with Gasteiger partial charge in [-0.05, 0) is 62.2 Å². The zero-order valence-electron chi connectivity index (χ0n) is 13.3. The summed E-state index contributed by atoms with van der Waals surface area (Å²) >= 11 is 0. The van der Waals surface area contributed by atoms with E-state index in [4.69, 9.17) is 0 Å². The second-order valence-corrected chi connectivity index (χ2v) is 5.36. The highest BCUT2D eigenvalue weighted by molar-refractivity contribution is 6.43. The summed E-state index contributed by atoms with van der Waals surface area (Å²) in [7, 11) is 0. The molecule has 23 heavy (non-hydrogen) atoms. The van der Waals surface area contributed by atoms with Gasteiger partial charge < -0.3 is 10.6 Å². The van der Waals surface area contributed by atoms with Crippen molar-refractivity contribution in [1.29, 1.82) is 0 Å². The molecule has 118 valence electrons. The number of hydrogen-bond acceptors (Lipinski definition) is 3. The number of Topliss-reactive ketones (excluding diaryl/α,β-unsaturated/α-hetero) is 1. The highest BCUT2D eigenvalue weighted by Crippen LogP contribution is 2.16. The summed E-state index contributed by atoms with van der Waals surface area (Å²) < 4.78 is 0. The molecule has 0 aliphatic heterocycles. The quantitative estimate of drug-likeness (QED) is 0.675. The van der Waals surface area contributed by atoms with Crippen LogP contribution < -0.4 is 10.6 Å². The van der Waals surface area contributed by atoms with Crippen LogP contribution >= 0.6 is 0 Å². The molecule has 0 fully saturated rings. The summed E-state index contributed by atoms with van der Waals surface area (Å²) in [6.07, 6.45) is 0.